The van der Waals surface area contributed by atoms with E-state index in [-0.39, 0.29) is 0 Å². The summed E-state index contributed by atoms with van der Waals surface area (Å²) in [4.78, 5) is 4.37. The van der Waals surface area contributed by atoms with Gasteiger partial charge in [-0.3, -0.25) is 0 Å². The number of nitrogens with zero attached hydrogens (tertiary/aromatic N) is 2. The van der Waals surface area contributed by atoms with E-state index >= 15 is 0 Å². The van der Waals surface area contributed by atoms with Crippen LogP contribution in [0.1, 0.15) is 29.8 Å². The largest absolute Gasteiger partial charge is 0.330 e. The van der Waals surface area contributed by atoms with Gasteiger partial charge in [0, 0.05) is 18.3 Å². The molecule has 1 heterocycles. The number of imidazole rings is 1. The fraction of sp³-hybridized carbons (Fsp3) is 0.357. The summed E-state index contributed by atoms with van der Waals surface area (Å²) >= 11 is 0. The zero-order valence-corrected chi connectivity index (χ0v) is 10.00. The normalized spacial score (nSPS) is 14.6. The molecule has 1 aliphatic rings. The highest BCUT2D eigenvalue weighted by Gasteiger charge is 2.15. The molecule has 0 fully saturated rings. The van der Waals surface area contributed by atoms with Crippen molar-refractivity contribution >= 4 is 0 Å². The predicted octanol–water partition coefficient (Wildman–Crippen LogP) is 3.09. The number of aryl methyl sites for hydroxylation is 1. The molecule has 2 aromatic rings. The fourth-order valence-corrected chi connectivity index (χ4v) is 2.57. The molecule has 0 saturated heterocycles. The third-order valence-corrected chi connectivity index (χ3v) is 3.39. The molecule has 0 atom stereocenters. The first kappa shape index (κ1) is 11.4. The van der Waals surface area contributed by atoms with E-state index in [0.29, 0.717) is 12.1 Å². The van der Waals surface area contributed by atoms with Gasteiger partial charge in [0.25, 0.3) is 0 Å². The van der Waals surface area contributed by atoms with Crippen molar-refractivity contribution in [2.24, 2.45) is 0 Å². The van der Waals surface area contributed by atoms with Crippen LogP contribution in [0.4, 0.5) is 8.78 Å². The lowest BCUT2D eigenvalue weighted by Crippen LogP contribution is -2.09. The first-order valence-electron chi connectivity index (χ1n) is 6.20. The lowest BCUT2D eigenvalue weighted by molar-refractivity contribution is 0.575. The van der Waals surface area contributed by atoms with Gasteiger partial charge in [-0.25, -0.2) is 13.8 Å². The van der Waals surface area contributed by atoms with Crippen molar-refractivity contribution in [3.05, 3.63) is 53.1 Å². The second-order valence-corrected chi connectivity index (χ2v) is 4.75. The van der Waals surface area contributed by atoms with E-state index in [9.17, 15) is 8.78 Å². The molecule has 0 amide bonds. The van der Waals surface area contributed by atoms with Crippen molar-refractivity contribution in [3.8, 4) is 0 Å². The number of fused-ring (bicyclic) bond motifs is 1. The Bertz CT molecular complexity index is 555. The molecule has 0 aliphatic heterocycles. The number of aromatic nitrogens is 2. The minimum atomic E-state index is -0.529. The highest BCUT2D eigenvalue weighted by molar-refractivity contribution is 5.22. The van der Waals surface area contributed by atoms with Gasteiger partial charge in [-0.05, 0) is 43.4 Å². The standard InChI is InChI=1S/C14H14F2N2/c15-11-5-10(6-12(16)7-11)8-18-9-17-13-3-1-2-4-14(13)18/h5-7,9H,1-4,8H2. The number of halogens is 2. The predicted molar refractivity (Wildman–Crippen MR) is 64.3 cm³/mol. The monoisotopic (exact) mass is 248 g/mol. The molecule has 4 heteroatoms. The number of benzene rings is 1. The zero-order valence-electron chi connectivity index (χ0n) is 10.00. The van der Waals surface area contributed by atoms with Gasteiger partial charge in [-0.2, -0.15) is 0 Å². The van der Waals surface area contributed by atoms with Gasteiger partial charge < -0.3 is 4.57 Å². The number of rotatable bonds is 2. The van der Waals surface area contributed by atoms with Crippen LogP contribution >= 0.6 is 0 Å². The van der Waals surface area contributed by atoms with E-state index in [2.05, 4.69) is 4.98 Å². The maximum absolute atomic E-state index is 13.1. The second kappa shape index (κ2) is 4.52. The van der Waals surface area contributed by atoms with E-state index in [4.69, 9.17) is 0 Å². The molecule has 1 aromatic heterocycles. The molecule has 2 nitrogen and oxygen atoms in total. The third-order valence-electron chi connectivity index (χ3n) is 3.39. The van der Waals surface area contributed by atoms with Gasteiger partial charge in [0.15, 0.2) is 0 Å². The molecule has 3 rings (SSSR count). The Morgan fingerprint density at radius 3 is 2.56 bits per heavy atom. The number of hydrogen-bond acceptors (Lipinski definition) is 1. The molecule has 1 aromatic carbocycles. The van der Waals surface area contributed by atoms with Crippen LogP contribution in [0.15, 0.2) is 24.5 Å². The highest BCUT2D eigenvalue weighted by atomic mass is 19.1. The summed E-state index contributed by atoms with van der Waals surface area (Å²) in [6.07, 6.45) is 6.14. The Balaban J connectivity index is 1.90. The Morgan fingerprint density at radius 1 is 1.06 bits per heavy atom. The Morgan fingerprint density at radius 2 is 1.78 bits per heavy atom. The maximum atomic E-state index is 13.1. The summed E-state index contributed by atoms with van der Waals surface area (Å²) < 4.78 is 28.3. The first-order valence-corrected chi connectivity index (χ1v) is 6.20. The van der Waals surface area contributed by atoms with Crippen molar-refractivity contribution in [2.45, 2.75) is 32.2 Å². The van der Waals surface area contributed by atoms with Crippen molar-refractivity contribution in [1.82, 2.24) is 9.55 Å². The van der Waals surface area contributed by atoms with Crippen molar-refractivity contribution < 1.29 is 8.78 Å². The molecular formula is C14H14F2N2. The van der Waals surface area contributed by atoms with Gasteiger partial charge in [0.05, 0.1) is 12.0 Å². The molecular weight excluding hydrogens is 234 g/mol. The average molecular weight is 248 g/mol. The van der Waals surface area contributed by atoms with E-state index in [0.717, 1.165) is 31.0 Å². The molecule has 1 aliphatic carbocycles. The van der Waals surface area contributed by atoms with Crippen molar-refractivity contribution in [3.63, 3.8) is 0 Å². The van der Waals surface area contributed by atoms with Gasteiger partial charge >= 0.3 is 0 Å². The van der Waals surface area contributed by atoms with E-state index in [1.165, 1.54) is 24.2 Å². The Kier molecular flexibility index (Phi) is 2.86. The van der Waals surface area contributed by atoms with Gasteiger partial charge in [0.1, 0.15) is 11.6 Å². The zero-order chi connectivity index (χ0) is 12.5. The van der Waals surface area contributed by atoms with Crippen LogP contribution in [0.5, 0.6) is 0 Å². The molecule has 0 bridgehead atoms. The highest BCUT2D eigenvalue weighted by Crippen LogP contribution is 2.21. The molecule has 0 unspecified atom stereocenters. The topological polar surface area (TPSA) is 17.8 Å². The Labute approximate surface area is 104 Å². The summed E-state index contributed by atoms with van der Waals surface area (Å²) in [6.45, 7) is 0.483. The van der Waals surface area contributed by atoms with Crippen LogP contribution in [0.2, 0.25) is 0 Å². The van der Waals surface area contributed by atoms with Crippen LogP contribution in [-0.4, -0.2) is 9.55 Å². The molecule has 0 N–H and O–H groups in total. The molecule has 0 spiro atoms. The molecule has 0 radical (unpaired) electrons. The summed E-state index contributed by atoms with van der Waals surface area (Å²) in [6, 6.07) is 3.64. The third kappa shape index (κ3) is 2.15. The lowest BCUT2D eigenvalue weighted by Gasteiger charge is -2.14. The summed E-state index contributed by atoms with van der Waals surface area (Å²) in [5, 5.41) is 0. The minimum Gasteiger partial charge on any atom is -0.330 e. The molecule has 18 heavy (non-hydrogen) atoms. The summed E-state index contributed by atoms with van der Waals surface area (Å²) in [5.41, 5.74) is 2.99. The summed E-state index contributed by atoms with van der Waals surface area (Å²) in [7, 11) is 0. The SMILES string of the molecule is Fc1cc(F)cc(Cn2cnc3c2CCCC3)c1. The van der Waals surface area contributed by atoms with Crippen LogP contribution in [0.3, 0.4) is 0 Å². The van der Waals surface area contributed by atoms with Crippen molar-refractivity contribution in [1.29, 1.82) is 0 Å². The van der Waals surface area contributed by atoms with Crippen LogP contribution in [0, 0.1) is 11.6 Å². The van der Waals surface area contributed by atoms with E-state index in [1.807, 2.05) is 4.57 Å². The van der Waals surface area contributed by atoms with Crippen molar-refractivity contribution in [2.75, 3.05) is 0 Å². The van der Waals surface area contributed by atoms with Crippen LogP contribution in [0.25, 0.3) is 0 Å². The van der Waals surface area contributed by atoms with Gasteiger partial charge in [0.2, 0.25) is 0 Å². The average Bonchev–Trinajstić information content (AvgIpc) is 2.72. The van der Waals surface area contributed by atoms with Crippen LogP contribution < -0.4 is 0 Å². The van der Waals surface area contributed by atoms with Gasteiger partial charge in [-0.15, -0.1) is 0 Å². The number of hydrogen-bond donors (Lipinski definition) is 0. The maximum Gasteiger partial charge on any atom is 0.126 e. The van der Waals surface area contributed by atoms with E-state index in [1.54, 1.807) is 6.33 Å². The van der Waals surface area contributed by atoms with E-state index < -0.39 is 11.6 Å². The first-order chi connectivity index (χ1) is 8.72. The smallest absolute Gasteiger partial charge is 0.126 e. The second-order valence-electron chi connectivity index (χ2n) is 4.75. The fourth-order valence-electron chi connectivity index (χ4n) is 2.57. The quantitative estimate of drug-likeness (QED) is 0.798. The summed E-state index contributed by atoms with van der Waals surface area (Å²) in [5.74, 6) is -1.06. The van der Waals surface area contributed by atoms with Crippen LogP contribution in [-0.2, 0) is 19.4 Å². The lowest BCUT2D eigenvalue weighted by atomic mass is 10.0. The molecule has 0 saturated carbocycles. The molecule has 94 valence electrons. The minimum absolute atomic E-state index is 0.483. The Hall–Kier alpha value is -1.71. The van der Waals surface area contributed by atoms with Gasteiger partial charge in [-0.1, -0.05) is 0 Å².